The van der Waals surface area contributed by atoms with E-state index in [9.17, 15) is 13.2 Å². The Bertz CT molecular complexity index is 534. The van der Waals surface area contributed by atoms with Crippen LogP contribution in [-0.2, 0) is 10.0 Å². The molecular weight excluding hydrogens is 306 g/mol. The van der Waals surface area contributed by atoms with E-state index in [1.807, 2.05) is 0 Å². The summed E-state index contributed by atoms with van der Waals surface area (Å²) in [6.45, 7) is 5.08. The largest absolute Gasteiger partial charge is 0.295 e. The Morgan fingerprint density at radius 2 is 1.88 bits per heavy atom. The van der Waals surface area contributed by atoms with E-state index in [0.29, 0.717) is 10.0 Å². The van der Waals surface area contributed by atoms with Crippen molar-refractivity contribution in [2.75, 3.05) is 6.54 Å². The lowest BCUT2D eigenvalue weighted by Gasteiger charge is -2.06. The van der Waals surface area contributed by atoms with E-state index >= 15 is 0 Å². The van der Waals surface area contributed by atoms with Crippen LogP contribution in [0.3, 0.4) is 0 Å². The van der Waals surface area contributed by atoms with Gasteiger partial charge in [-0.2, -0.15) is 0 Å². The second kappa shape index (κ2) is 5.57. The fourth-order valence-electron chi connectivity index (χ4n) is 1.13. The lowest BCUT2D eigenvalue weighted by atomic mass is 10.2. The number of Topliss-reactive ketones (excluding diaryl/α,β-unsaturated/α-hetero) is 1. The lowest BCUT2D eigenvalue weighted by Crippen LogP contribution is -2.24. The molecule has 4 nitrogen and oxygen atoms in total. The molecular formula is C11H12BrNO3S. The average Bonchev–Trinajstić information content (AvgIpc) is 2.27. The van der Waals surface area contributed by atoms with Crippen LogP contribution in [-0.4, -0.2) is 20.7 Å². The molecule has 1 rings (SSSR count). The number of carbonyl (C=O) groups is 1. The average molecular weight is 318 g/mol. The molecule has 6 heteroatoms. The molecule has 0 amide bonds. The number of halogens is 1. The third-order valence-corrected chi connectivity index (χ3v) is 3.72. The van der Waals surface area contributed by atoms with Gasteiger partial charge >= 0.3 is 0 Å². The van der Waals surface area contributed by atoms with Crippen molar-refractivity contribution in [3.8, 4) is 0 Å². The van der Waals surface area contributed by atoms with E-state index in [2.05, 4.69) is 27.2 Å². The third-order valence-electron chi connectivity index (χ3n) is 2.03. The molecule has 0 heterocycles. The first kappa shape index (κ1) is 14.1. The predicted octanol–water partition coefficient (Wildman–Crippen LogP) is 2.08. The number of rotatable bonds is 5. The van der Waals surface area contributed by atoms with Gasteiger partial charge in [0.2, 0.25) is 10.0 Å². The minimum atomic E-state index is -3.55. The van der Waals surface area contributed by atoms with Crippen LogP contribution in [0.1, 0.15) is 17.3 Å². The number of nitrogens with one attached hydrogen (secondary N) is 1. The SMILES string of the molecule is C=C(Br)CNS(=O)(=O)c1ccc(C(C)=O)cc1. The van der Waals surface area contributed by atoms with Crippen molar-refractivity contribution in [1.29, 1.82) is 0 Å². The molecule has 0 saturated carbocycles. The predicted molar refractivity (Wildman–Crippen MR) is 69.7 cm³/mol. The van der Waals surface area contributed by atoms with Crippen LogP contribution in [0.2, 0.25) is 0 Å². The summed E-state index contributed by atoms with van der Waals surface area (Å²) >= 11 is 3.06. The Kier molecular flexibility index (Phi) is 4.62. The van der Waals surface area contributed by atoms with Gasteiger partial charge in [-0.3, -0.25) is 4.79 Å². The van der Waals surface area contributed by atoms with E-state index in [1.165, 1.54) is 31.2 Å². The Hall–Kier alpha value is -0.980. The molecule has 92 valence electrons. The molecule has 1 N–H and O–H groups in total. The van der Waals surface area contributed by atoms with E-state index in [0.717, 1.165) is 0 Å². The molecule has 0 aliphatic carbocycles. The highest BCUT2D eigenvalue weighted by atomic mass is 79.9. The molecule has 0 saturated heterocycles. The summed E-state index contributed by atoms with van der Waals surface area (Å²) in [5.74, 6) is -0.101. The molecule has 0 unspecified atom stereocenters. The second-order valence-corrected chi connectivity index (χ2v) is 6.31. The van der Waals surface area contributed by atoms with Gasteiger partial charge in [0.05, 0.1) is 4.90 Å². The zero-order valence-corrected chi connectivity index (χ0v) is 11.6. The minimum absolute atomic E-state index is 0.101. The van der Waals surface area contributed by atoms with Crippen molar-refractivity contribution in [3.63, 3.8) is 0 Å². The van der Waals surface area contributed by atoms with Crippen LogP contribution in [0.15, 0.2) is 40.2 Å². The third kappa shape index (κ3) is 4.07. The molecule has 0 fully saturated rings. The molecule has 0 bridgehead atoms. The molecule has 1 aromatic rings. The molecule has 1 aromatic carbocycles. The Morgan fingerprint density at radius 3 is 2.29 bits per heavy atom. The van der Waals surface area contributed by atoms with Crippen molar-refractivity contribution >= 4 is 31.7 Å². The van der Waals surface area contributed by atoms with Crippen molar-refractivity contribution in [3.05, 3.63) is 40.9 Å². The van der Waals surface area contributed by atoms with E-state index in [4.69, 9.17) is 0 Å². The maximum atomic E-state index is 11.8. The highest BCUT2D eigenvalue weighted by molar-refractivity contribution is 9.11. The maximum Gasteiger partial charge on any atom is 0.240 e. The normalized spacial score (nSPS) is 11.2. The van der Waals surface area contributed by atoms with E-state index in [1.54, 1.807) is 0 Å². The monoisotopic (exact) mass is 317 g/mol. The van der Waals surface area contributed by atoms with Crippen molar-refractivity contribution in [2.45, 2.75) is 11.8 Å². The van der Waals surface area contributed by atoms with Gasteiger partial charge in [0, 0.05) is 16.6 Å². The number of sulfonamides is 1. The van der Waals surface area contributed by atoms with Crippen LogP contribution >= 0.6 is 15.9 Å². The van der Waals surface area contributed by atoms with Gasteiger partial charge in [-0.05, 0) is 19.1 Å². The van der Waals surface area contributed by atoms with Crippen LogP contribution in [0.25, 0.3) is 0 Å². The van der Waals surface area contributed by atoms with Crippen LogP contribution in [0.4, 0.5) is 0 Å². The summed E-state index contributed by atoms with van der Waals surface area (Å²) in [5.41, 5.74) is 0.480. The molecule has 0 radical (unpaired) electrons. The topological polar surface area (TPSA) is 63.2 Å². The van der Waals surface area contributed by atoms with Crippen molar-refractivity contribution < 1.29 is 13.2 Å². The zero-order valence-electron chi connectivity index (χ0n) is 9.23. The summed E-state index contributed by atoms with van der Waals surface area (Å²) in [4.78, 5) is 11.2. The van der Waals surface area contributed by atoms with Gasteiger partial charge in [0.1, 0.15) is 0 Å². The molecule has 0 spiro atoms. The first-order valence-electron chi connectivity index (χ1n) is 4.77. The van der Waals surface area contributed by atoms with Crippen LogP contribution in [0, 0.1) is 0 Å². The maximum absolute atomic E-state index is 11.8. The van der Waals surface area contributed by atoms with Gasteiger partial charge in [-0.1, -0.05) is 34.6 Å². The van der Waals surface area contributed by atoms with Crippen molar-refractivity contribution in [1.82, 2.24) is 4.72 Å². The van der Waals surface area contributed by atoms with Gasteiger partial charge in [-0.25, -0.2) is 13.1 Å². The summed E-state index contributed by atoms with van der Waals surface area (Å²) in [6, 6.07) is 5.77. The highest BCUT2D eigenvalue weighted by Crippen LogP contribution is 2.11. The molecule has 17 heavy (non-hydrogen) atoms. The first-order valence-corrected chi connectivity index (χ1v) is 7.04. The molecule has 0 aliphatic heterocycles. The fourth-order valence-corrected chi connectivity index (χ4v) is 2.48. The fraction of sp³-hybridized carbons (Fsp3) is 0.182. The second-order valence-electron chi connectivity index (χ2n) is 3.42. The van der Waals surface area contributed by atoms with Gasteiger partial charge < -0.3 is 0 Å². The number of ketones is 1. The Balaban J connectivity index is 2.92. The van der Waals surface area contributed by atoms with Crippen LogP contribution < -0.4 is 4.72 Å². The zero-order chi connectivity index (χ0) is 13.1. The first-order chi connectivity index (χ1) is 7.83. The lowest BCUT2D eigenvalue weighted by molar-refractivity contribution is 0.101. The number of benzene rings is 1. The van der Waals surface area contributed by atoms with Crippen molar-refractivity contribution in [2.24, 2.45) is 0 Å². The summed E-state index contributed by atoms with van der Waals surface area (Å²) in [7, 11) is -3.55. The molecule has 0 atom stereocenters. The van der Waals surface area contributed by atoms with E-state index < -0.39 is 10.0 Å². The quantitative estimate of drug-likeness (QED) is 0.846. The number of carbonyl (C=O) groups excluding carboxylic acids is 1. The number of hydrogen-bond donors (Lipinski definition) is 1. The Labute approximate surface area is 109 Å². The number of hydrogen-bond acceptors (Lipinski definition) is 3. The van der Waals surface area contributed by atoms with Gasteiger partial charge in [-0.15, -0.1) is 0 Å². The Morgan fingerprint density at radius 1 is 1.35 bits per heavy atom. The smallest absolute Gasteiger partial charge is 0.240 e. The van der Waals surface area contributed by atoms with Gasteiger partial charge in [0.15, 0.2) is 5.78 Å². The van der Waals surface area contributed by atoms with Crippen LogP contribution in [0.5, 0.6) is 0 Å². The highest BCUT2D eigenvalue weighted by Gasteiger charge is 2.13. The standard InChI is InChI=1S/C11H12BrNO3S/c1-8(12)7-13-17(15,16)11-5-3-10(4-6-11)9(2)14/h3-6,13H,1,7H2,2H3. The summed E-state index contributed by atoms with van der Waals surface area (Å²) in [6.07, 6.45) is 0. The summed E-state index contributed by atoms with van der Waals surface area (Å²) in [5, 5.41) is 0. The molecule has 0 aromatic heterocycles. The summed E-state index contributed by atoms with van der Waals surface area (Å²) < 4.78 is 26.4. The van der Waals surface area contributed by atoms with E-state index in [-0.39, 0.29) is 17.2 Å². The van der Waals surface area contributed by atoms with Gasteiger partial charge in [0.25, 0.3) is 0 Å². The minimum Gasteiger partial charge on any atom is -0.295 e. The molecule has 0 aliphatic rings.